The van der Waals surface area contributed by atoms with Crippen molar-refractivity contribution in [1.29, 1.82) is 0 Å². The van der Waals surface area contributed by atoms with Gasteiger partial charge in [-0.3, -0.25) is 9.59 Å². The van der Waals surface area contributed by atoms with Crippen molar-refractivity contribution >= 4 is 23.3 Å². The highest BCUT2D eigenvalue weighted by Crippen LogP contribution is 2.24. The third-order valence-electron chi connectivity index (χ3n) is 4.67. The van der Waals surface area contributed by atoms with Gasteiger partial charge in [-0.15, -0.1) is 0 Å². The van der Waals surface area contributed by atoms with Gasteiger partial charge in [-0.1, -0.05) is 27.7 Å². The van der Waals surface area contributed by atoms with Crippen LogP contribution >= 0.6 is 0 Å². The highest BCUT2D eigenvalue weighted by molar-refractivity contribution is 6.01. The predicted molar refractivity (Wildman–Crippen MR) is 114 cm³/mol. The van der Waals surface area contributed by atoms with Crippen LogP contribution < -0.4 is 15.5 Å². The molecule has 7 heteroatoms. The Morgan fingerprint density at radius 2 is 1.86 bits per heavy atom. The molecule has 1 aromatic heterocycles. The second kappa shape index (κ2) is 11.0. The Kier molecular flexibility index (Phi) is 8.70. The zero-order valence-electron chi connectivity index (χ0n) is 17.8. The van der Waals surface area contributed by atoms with Crippen LogP contribution in [0.15, 0.2) is 12.3 Å². The first-order valence-electron chi connectivity index (χ1n) is 10.5. The predicted octanol–water partition coefficient (Wildman–Crippen LogP) is 2.74. The summed E-state index contributed by atoms with van der Waals surface area (Å²) in [5.41, 5.74) is 1.16. The number of hydrogen-bond acceptors (Lipinski definition) is 5. The van der Waals surface area contributed by atoms with Crippen LogP contribution in [0.1, 0.15) is 57.3 Å². The van der Waals surface area contributed by atoms with Crippen LogP contribution in [0, 0.1) is 5.92 Å². The van der Waals surface area contributed by atoms with E-state index in [-0.39, 0.29) is 17.7 Å². The minimum absolute atomic E-state index is 0.00955. The van der Waals surface area contributed by atoms with Gasteiger partial charge in [-0.2, -0.15) is 0 Å². The Morgan fingerprint density at radius 3 is 2.43 bits per heavy atom. The van der Waals surface area contributed by atoms with Gasteiger partial charge in [0.25, 0.3) is 5.91 Å². The summed E-state index contributed by atoms with van der Waals surface area (Å²) in [6.45, 7) is 13.0. The molecule has 1 aromatic rings. The third kappa shape index (κ3) is 6.19. The molecule has 2 rings (SSSR count). The molecule has 1 saturated heterocycles. The summed E-state index contributed by atoms with van der Waals surface area (Å²) in [4.78, 5) is 34.1. The fraction of sp³-hybridized carbons (Fsp3) is 0.667. The molecule has 2 amide bonds. The molecule has 0 unspecified atom stereocenters. The first-order valence-corrected chi connectivity index (χ1v) is 10.5. The first-order chi connectivity index (χ1) is 13.5. The quantitative estimate of drug-likeness (QED) is 0.679. The minimum atomic E-state index is -0.0518. The van der Waals surface area contributed by atoms with E-state index in [1.54, 1.807) is 12.3 Å². The van der Waals surface area contributed by atoms with Crippen molar-refractivity contribution in [3.8, 4) is 0 Å². The molecule has 1 aliphatic heterocycles. The number of carbonyl (C=O) groups is 2. The van der Waals surface area contributed by atoms with Crippen LogP contribution in [0.25, 0.3) is 0 Å². The van der Waals surface area contributed by atoms with E-state index in [2.05, 4.69) is 34.4 Å². The van der Waals surface area contributed by atoms with Crippen LogP contribution in [0.5, 0.6) is 0 Å². The number of pyridine rings is 1. The number of amides is 2. The summed E-state index contributed by atoms with van der Waals surface area (Å²) in [5.74, 6) is 0.929. The third-order valence-corrected chi connectivity index (χ3v) is 4.67. The molecule has 2 heterocycles. The normalized spacial score (nSPS) is 14.2. The lowest BCUT2D eigenvalue weighted by atomic mass is 10.1. The van der Waals surface area contributed by atoms with Crippen LogP contribution in [-0.2, 0) is 4.79 Å². The van der Waals surface area contributed by atoms with Crippen molar-refractivity contribution in [2.45, 2.75) is 47.0 Å². The van der Waals surface area contributed by atoms with Gasteiger partial charge in [0.05, 0.1) is 17.4 Å². The molecule has 0 saturated carbocycles. The van der Waals surface area contributed by atoms with Crippen LogP contribution in [0.2, 0.25) is 0 Å². The monoisotopic (exact) mass is 389 g/mol. The lowest BCUT2D eigenvalue weighted by Crippen LogP contribution is -2.45. The highest BCUT2D eigenvalue weighted by Gasteiger charge is 2.24. The smallest absolute Gasteiger partial charge is 0.257 e. The maximum atomic E-state index is 13.3. The first kappa shape index (κ1) is 22.1. The van der Waals surface area contributed by atoms with E-state index in [4.69, 9.17) is 0 Å². The number of nitrogens with zero attached hydrogens (tertiary/aromatic N) is 3. The van der Waals surface area contributed by atoms with Gasteiger partial charge >= 0.3 is 0 Å². The fourth-order valence-corrected chi connectivity index (χ4v) is 3.42. The van der Waals surface area contributed by atoms with E-state index in [1.807, 2.05) is 18.7 Å². The van der Waals surface area contributed by atoms with Gasteiger partial charge in [0, 0.05) is 45.7 Å². The van der Waals surface area contributed by atoms with Crippen LogP contribution in [-0.4, -0.2) is 61.0 Å². The average molecular weight is 390 g/mol. The van der Waals surface area contributed by atoms with E-state index in [1.165, 1.54) is 0 Å². The Labute approximate surface area is 168 Å². The summed E-state index contributed by atoms with van der Waals surface area (Å²) in [6, 6.07) is 1.79. The maximum absolute atomic E-state index is 13.3. The summed E-state index contributed by atoms with van der Waals surface area (Å²) in [5, 5.41) is 6.23. The summed E-state index contributed by atoms with van der Waals surface area (Å²) < 4.78 is 0. The SMILES string of the molecule is CCCN(CCC)C(=O)c1cc(NC(=O)CC(C)C)cnc1N1CCNCC1. The molecular weight excluding hydrogens is 354 g/mol. The van der Waals surface area contributed by atoms with Gasteiger partial charge < -0.3 is 20.4 Å². The lowest BCUT2D eigenvalue weighted by Gasteiger charge is -2.31. The second-order valence-corrected chi connectivity index (χ2v) is 7.77. The molecule has 2 N–H and O–H groups in total. The van der Waals surface area contributed by atoms with Crippen molar-refractivity contribution in [1.82, 2.24) is 15.2 Å². The zero-order valence-corrected chi connectivity index (χ0v) is 17.8. The van der Waals surface area contributed by atoms with Crippen molar-refractivity contribution in [2.75, 3.05) is 49.5 Å². The molecule has 0 aromatic carbocycles. The molecule has 28 heavy (non-hydrogen) atoms. The van der Waals surface area contributed by atoms with Crippen molar-refractivity contribution in [3.05, 3.63) is 17.8 Å². The number of piperazine rings is 1. The topological polar surface area (TPSA) is 77.6 Å². The van der Waals surface area contributed by atoms with Crippen molar-refractivity contribution in [2.24, 2.45) is 5.92 Å². The molecule has 7 nitrogen and oxygen atoms in total. The zero-order chi connectivity index (χ0) is 20.5. The average Bonchev–Trinajstić information content (AvgIpc) is 2.67. The van der Waals surface area contributed by atoms with Crippen LogP contribution in [0.3, 0.4) is 0 Å². The van der Waals surface area contributed by atoms with E-state index in [0.29, 0.717) is 23.5 Å². The Morgan fingerprint density at radius 1 is 1.21 bits per heavy atom. The lowest BCUT2D eigenvalue weighted by molar-refractivity contribution is -0.116. The maximum Gasteiger partial charge on any atom is 0.257 e. The molecule has 1 fully saturated rings. The van der Waals surface area contributed by atoms with Gasteiger partial charge in [0.15, 0.2) is 0 Å². The Hall–Kier alpha value is -2.15. The van der Waals surface area contributed by atoms with Gasteiger partial charge in [0.2, 0.25) is 5.91 Å². The number of aromatic nitrogens is 1. The molecule has 0 spiro atoms. The largest absolute Gasteiger partial charge is 0.353 e. The number of nitrogens with one attached hydrogen (secondary N) is 2. The number of carbonyl (C=O) groups excluding carboxylic acids is 2. The summed E-state index contributed by atoms with van der Waals surface area (Å²) in [7, 11) is 0. The van der Waals surface area contributed by atoms with Gasteiger partial charge in [0.1, 0.15) is 5.82 Å². The van der Waals surface area contributed by atoms with Crippen molar-refractivity contribution < 1.29 is 9.59 Å². The van der Waals surface area contributed by atoms with E-state index in [9.17, 15) is 9.59 Å². The van der Waals surface area contributed by atoms with Gasteiger partial charge in [-0.25, -0.2) is 4.98 Å². The Balaban J connectivity index is 2.33. The number of hydrogen-bond donors (Lipinski definition) is 2. The summed E-state index contributed by atoms with van der Waals surface area (Å²) >= 11 is 0. The highest BCUT2D eigenvalue weighted by atomic mass is 16.2. The summed E-state index contributed by atoms with van der Waals surface area (Å²) in [6.07, 6.45) is 3.93. The van der Waals surface area contributed by atoms with Crippen molar-refractivity contribution in [3.63, 3.8) is 0 Å². The molecule has 156 valence electrons. The number of anilines is 2. The number of rotatable bonds is 9. The Bertz CT molecular complexity index is 650. The standard InChI is InChI=1S/C21H35N5O2/c1-5-9-26(10-6-2)21(28)18-14-17(24-19(27)13-16(3)4)15-23-20(18)25-11-7-22-8-12-25/h14-16,22H,5-13H2,1-4H3,(H,24,27). The van der Waals surface area contributed by atoms with Gasteiger partial charge in [-0.05, 0) is 24.8 Å². The van der Waals surface area contributed by atoms with E-state index in [0.717, 1.165) is 52.1 Å². The molecule has 0 radical (unpaired) electrons. The molecule has 0 atom stereocenters. The van der Waals surface area contributed by atoms with Crippen LogP contribution in [0.4, 0.5) is 11.5 Å². The fourth-order valence-electron chi connectivity index (χ4n) is 3.42. The van der Waals surface area contributed by atoms with E-state index < -0.39 is 0 Å². The molecule has 0 bridgehead atoms. The molecule has 0 aliphatic carbocycles. The minimum Gasteiger partial charge on any atom is -0.353 e. The molecular formula is C21H35N5O2. The molecule has 1 aliphatic rings. The van der Waals surface area contributed by atoms with E-state index >= 15 is 0 Å². The second-order valence-electron chi connectivity index (χ2n) is 7.77.